The third-order valence-electron chi connectivity index (χ3n) is 15.0. The van der Waals surface area contributed by atoms with Crippen LogP contribution in [0.3, 0.4) is 0 Å². The molecule has 4 aliphatic rings. The molecule has 0 aliphatic heterocycles. The van der Waals surface area contributed by atoms with E-state index in [2.05, 4.69) is 35.1 Å². The summed E-state index contributed by atoms with van der Waals surface area (Å²) in [6.07, 6.45) is 18.2. The Morgan fingerprint density at radius 2 is 1.10 bits per heavy atom. The maximum Gasteiger partial charge on any atom is 0.407 e. The number of ether oxygens (including phenoxy) is 2. The van der Waals surface area contributed by atoms with E-state index in [9.17, 15) is 24.0 Å². The summed E-state index contributed by atoms with van der Waals surface area (Å²) in [4.78, 5) is 68.9. The number of carbonyl (C=O) groups is 5. The van der Waals surface area contributed by atoms with Crippen molar-refractivity contribution in [2.24, 2.45) is 40.9 Å². The minimum atomic E-state index is -0.593. The predicted molar refractivity (Wildman–Crippen MR) is 244 cm³/mol. The second kappa shape index (κ2) is 23.9. The van der Waals surface area contributed by atoms with Crippen molar-refractivity contribution in [2.75, 3.05) is 6.54 Å². The molecule has 9 atom stereocenters. The van der Waals surface area contributed by atoms with Crippen molar-refractivity contribution in [2.45, 2.75) is 207 Å². The first-order chi connectivity index (χ1) is 29.8. The van der Waals surface area contributed by atoms with Gasteiger partial charge in [-0.3, -0.25) is 19.2 Å². The van der Waals surface area contributed by atoms with E-state index in [4.69, 9.17) is 9.47 Å². The van der Waals surface area contributed by atoms with Gasteiger partial charge in [0.05, 0.1) is 5.92 Å². The summed E-state index contributed by atoms with van der Waals surface area (Å²) < 4.78 is 11.4. The highest BCUT2D eigenvalue weighted by Crippen LogP contribution is 2.41. The summed E-state index contributed by atoms with van der Waals surface area (Å²) in [6, 6.07) is 9.49. The van der Waals surface area contributed by atoms with Gasteiger partial charge >= 0.3 is 12.1 Å². The molecule has 0 unspecified atom stereocenters. The van der Waals surface area contributed by atoms with Crippen LogP contribution < -0.4 is 21.3 Å². The van der Waals surface area contributed by atoms with Gasteiger partial charge in [-0.25, -0.2) is 4.79 Å². The van der Waals surface area contributed by atoms with Crippen LogP contribution in [-0.2, 0) is 35.3 Å². The molecule has 0 bridgehead atoms. The Morgan fingerprint density at radius 3 is 1.58 bits per heavy atom. The molecule has 4 saturated carbocycles. The highest BCUT2D eigenvalue weighted by atomic mass is 16.6. The molecule has 1 aromatic carbocycles. The second-order valence-electron chi connectivity index (χ2n) is 20.5. The molecule has 0 heterocycles. The number of esters is 1. The summed E-state index contributed by atoms with van der Waals surface area (Å²) >= 11 is 0. The topological polar surface area (TPSA) is 152 Å². The number of hydrogen-bond donors (Lipinski definition) is 4. The van der Waals surface area contributed by atoms with Gasteiger partial charge < -0.3 is 30.7 Å². The molecule has 348 valence electrons. The highest BCUT2D eigenvalue weighted by Gasteiger charge is 2.43. The van der Waals surface area contributed by atoms with E-state index < -0.39 is 11.7 Å². The summed E-state index contributed by atoms with van der Waals surface area (Å²) in [7, 11) is 0. The van der Waals surface area contributed by atoms with Crippen molar-refractivity contribution in [3.63, 3.8) is 0 Å². The molecule has 4 fully saturated rings. The van der Waals surface area contributed by atoms with Gasteiger partial charge in [0.2, 0.25) is 17.7 Å². The molecule has 0 aromatic heterocycles. The third kappa shape index (κ3) is 14.2. The van der Waals surface area contributed by atoms with E-state index >= 15 is 0 Å². The number of hydrogen-bond acceptors (Lipinski definition) is 7. The van der Waals surface area contributed by atoms with Gasteiger partial charge in [0, 0.05) is 42.9 Å². The summed E-state index contributed by atoms with van der Waals surface area (Å²) in [5.74, 6) is -0.780. The molecular formula is C51H82N4O7. The Balaban J connectivity index is 1.21. The molecular weight excluding hydrogens is 781 g/mol. The van der Waals surface area contributed by atoms with E-state index in [1.165, 1.54) is 0 Å². The van der Waals surface area contributed by atoms with E-state index in [0.29, 0.717) is 32.2 Å². The Bertz CT molecular complexity index is 1590. The minimum absolute atomic E-state index is 0.00346. The molecule has 5 rings (SSSR count). The quantitative estimate of drug-likeness (QED) is 0.107. The average Bonchev–Trinajstić information content (AvgIpc) is 3.25. The smallest absolute Gasteiger partial charge is 0.407 e. The summed E-state index contributed by atoms with van der Waals surface area (Å²) in [6.45, 7) is 12.4. The molecule has 11 nitrogen and oxygen atoms in total. The first-order valence-corrected chi connectivity index (χ1v) is 24.8. The molecule has 0 spiro atoms. The Kier molecular flexibility index (Phi) is 19.0. The first kappa shape index (κ1) is 49.4. The minimum Gasteiger partial charge on any atom is -0.461 e. The number of alkyl carbamates (subject to hydrolysis) is 1. The van der Waals surface area contributed by atoms with Crippen molar-refractivity contribution in [1.29, 1.82) is 0 Å². The monoisotopic (exact) mass is 863 g/mol. The largest absolute Gasteiger partial charge is 0.461 e. The lowest BCUT2D eigenvalue weighted by atomic mass is 9.71. The van der Waals surface area contributed by atoms with E-state index in [1.807, 2.05) is 58.0 Å². The fourth-order valence-corrected chi connectivity index (χ4v) is 11.8. The van der Waals surface area contributed by atoms with Crippen LogP contribution in [0.2, 0.25) is 0 Å². The second-order valence-corrected chi connectivity index (χ2v) is 20.5. The van der Waals surface area contributed by atoms with Crippen LogP contribution in [0.1, 0.15) is 182 Å². The van der Waals surface area contributed by atoms with Crippen molar-refractivity contribution in [3.8, 4) is 0 Å². The van der Waals surface area contributed by atoms with Gasteiger partial charge in [-0.05, 0) is 120 Å². The van der Waals surface area contributed by atoms with E-state index in [1.54, 1.807) is 0 Å². The van der Waals surface area contributed by atoms with Crippen LogP contribution in [0.25, 0.3) is 0 Å². The molecule has 4 aliphatic carbocycles. The van der Waals surface area contributed by atoms with Gasteiger partial charge in [0.25, 0.3) is 0 Å². The molecule has 0 radical (unpaired) electrons. The number of nitrogens with one attached hydrogen (secondary N) is 4. The Morgan fingerprint density at radius 1 is 0.629 bits per heavy atom. The first-order valence-electron chi connectivity index (χ1n) is 24.8. The number of carbonyl (C=O) groups excluding carboxylic acids is 5. The summed E-state index contributed by atoms with van der Waals surface area (Å²) in [5.41, 5.74) is 0.0572. The molecule has 1 aromatic rings. The normalized spacial score (nSPS) is 26.7. The maximum absolute atomic E-state index is 14.5. The fourth-order valence-electron chi connectivity index (χ4n) is 11.8. The molecule has 62 heavy (non-hydrogen) atoms. The van der Waals surface area contributed by atoms with Crippen LogP contribution in [0, 0.1) is 40.9 Å². The zero-order valence-electron chi connectivity index (χ0n) is 39.2. The number of rotatable bonds is 18. The SMILES string of the molecule is CC[C@H](C(=O)N[C@H]1CCCC[C@H]1[C@H](CC)C(=O)N[C@H]1CCCC[C@H]1[C@H](CC)C(=O)OCc1ccccc1)[C@@H]1CCCC[C@@H]1NC(=O)CC1(CNC(=O)OC(C)(C)C)CCCCC1. The summed E-state index contributed by atoms with van der Waals surface area (Å²) in [5, 5.41) is 13.4. The zero-order valence-corrected chi connectivity index (χ0v) is 39.2. The van der Waals surface area contributed by atoms with Gasteiger partial charge in [-0.1, -0.05) is 109 Å². The molecule has 0 saturated heterocycles. The van der Waals surface area contributed by atoms with Crippen LogP contribution >= 0.6 is 0 Å². The number of benzene rings is 1. The van der Waals surface area contributed by atoms with Crippen molar-refractivity contribution in [3.05, 3.63) is 35.9 Å². The highest BCUT2D eigenvalue weighted by molar-refractivity contribution is 5.82. The van der Waals surface area contributed by atoms with Crippen molar-refractivity contribution in [1.82, 2.24) is 21.3 Å². The Hall–Kier alpha value is -3.63. The van der Waals surface area contributed by atoms with E-state index in [0.717, 1.165) is 115 Å². The maximum atomic E-state index is 14.5. The fraction of sp³-hybridized carbons (Fsp3) is 0.784. The van der Waals surface area contributed by atoms with Crippen LogP contribution in [0.5, 0.6) is 0 Å². The Labute approximate surface area is 373 Å². The number of amides is 4. The van der Waals surface area contributed by atoms with Gasteiger partial charge in [-0.2, -0.15) is 0 Å². The molecule has 11 heteroatoms. The van der Waals surface area contributed by atoms with Crippen LogP contribution in [0.4, 0.5) is 4.79 Å². The lowest BCUT2D eigenvalue weighted by Gasteiger charge is -2.41. The van der Waals surface area contributed by atoms with Gasteiger partial charge in [-0.15, -0.1) is 0 Å². The van der Waals surface area contributed by atoms with Crippen LogP contribution in [0.15, 0.2) is 30.3 Å². The molecule has 4 N–H and O–H groups in total. The lowest BCUT2D eigenvalue weighted by Crippen LogP contribution is -2.54. The standard InChI is InChI=1S/C51H82N4O7/c1-7-36(39-24-14-17-27-42(39)53-45(56)32-51(30-20-11-21-31-51)34-52-49(60)62-50(4,5)6)46(57)54-43-28-18-15-25-40(43)37(8-2)47(58)55-44-29-19-16-26-41(44)38(9-3)48(59)61-33-35-22-12-10-13-23-35/h10,12-13,22-23,36-44H,7-9,11,14-21,24-34H2,1-6H3,(H,52,60)(H,53,56)(H,54,57)(H,55,58)/t36-,37-,38-,39-,40-,41-,42-,43-,44-/m0/s1. The van der Waals surface area contributed by atoms with Crippen LogP contribution in [-0.4, -0.2) is 60.1 Å². The van der Waals surface area contributed by atoms with Crippen molar-refractivity contribution < 1.29 is 33.4 Å². The predicted octanol–water partition coefficient (Wildman–Crippen LogP) is 9.70. The molecule has 4 amide bonds. The van der Waals surface area contributed by atoms with Gasteiger partial charge in [0.15, 0.2) is 0 Å². The average molecular weight is 863 g/mol. The van der Waals surface area contributed by atoms with Crippen molar-refractivity contribution >= 4 is 29.8 Å². The lowest BCUT2D eigenvalue weighted by molar-refractivity contribution is -0.153. The zero-order chi connectivity index (χ0) is 44.7. The third-order valence-corrected chi connectivity index (χ3v) is 15.0. The van der Waals surface area contributed by atoms with E-state index in [-0.39, 0.29) is 89.3 Å². The van der Waals surface area contributed by atoms with Gasteiger partial charge in [0.1, 0.15) is 12.2 Å².